The van der Waals surface area contributed by atoms with E-state index in [9.17, 15) is 9.59 Å². The van der Waals surface area contributed by atoms with Gasteiger partial charge in [0.25, 0.3) is 0 Å². The summed E-state index contributed by atoms with van der Waals surface area (Å²) in [4.78, 5) is 25.3. The molecule has 158 valence electrons. The van der Waals surface area contributed by atoms with Crippen molar-refractivity contribution in [3.63, 3.8) is 0 Å². The lowest BCUT2D eigenvalue weighted by Crippen LogP contribution is -2.10. The van der Waals surface area contributed by atoms with E-state index in [1.54, 1.807) is 79.9 Å². The number of para-hydroxylation sites is 2. The average molecular weight is 418 g/mol. The van der Waals surface area contributed by atoms with E-state index >= 15 is 0 Å². The summed E-state index contributed by atoms with van der Waals surface area (Å²) in [6.07, 6.45) is 3.00. The van der Waals surface area contributed by atoms with Gasteiger partial charge in [-0.05, 0) is 42.5 Å². The van der Waals surface area contributed by atoms with Crippen LogP contribution in [0.15, 0.2) is 72.8 Å². The maximum absolute atomic E-state index is 12.7. The summed E-state index contributed by atoms with van der Waals surface area (Å²) >= 11 is 0. The average Bonchev–Trinajstić information content (AvgIpc) is 2.82. The third-order valence-corrected chi connectivity index (χ3v) is 4.54. The van der Waals surface area contributed by atoms with E-state index in [0.717, 1.165) is 0 Å². The number of hydrogen-bond acceptors (Lipinski definition) is 6. The molecule has 3 aromatic carbocycles. The van der Waals surface area contributed by atoms with Crippen LogP contribution < -0.4 is 18.9 Å². The van der Waals surface area contributed by atoms with Crippen LogP contribution in [0.25, 0.3) is 6.08 Å². The molecule has 0 aliphatic carbocycles. The molecule has 6 heteroatoms. The summed E-state index contributed by atoms with van der Waals surface area (Å²) in [6, 6.07) is 18.7. The number of carbonyl (C=O) groups excluding carboxylic acids is 2. The monoisotopic (exact) mass is 418 g/mol. The first-order chi connectivity index (χ1) is 15.1. The smallest absolute Gasteiger partial charge is 0.347 e. The van der Waals surface area contributed by atoms with Crippen molar-refractivity contribution in [2.45, 2.75) is 0 Å². The van der Waals surface area contributed by atoms with Crippen LogP contribution >= 0.6 is 0 Å². The van der Waals surface area contributed by atoms with Crippen LogP contribution in [-0.2, 0) is 0 Å². The van der Waals surface area contributed by atoms with Gasteiger partial charge in [0.1, 0.15) is 28.6 Å². The van der Waals surface area contributed by atoms with E-state index in [4.69, 9.17) is 18.9 Å². The standard InChI is InChI=1S/C25H22O6/c1-28-18-13-14-19(24(16-18)30-3)21(26)15-12-17-8-4-6-10-22(17)31-25(27)20-9-5-7-11-23(20)29-2/h4-16H,1-3H3/b15-12+. The van der Waals surface area contributed by atoms with Crippen LogP contribution in [0.3, 0.4) is 0 Å². The molecule has 0 aliphatic rings. The minimum absolute atomic E-state index is 0.259. The molecule has 0 aromatic heterocycles. The number of allylic oxidation sites excluding steroid dienone is 1. The lowest BCUT2D eigenvalue weighted by Gasteiger charge is -2.10. The SMILES string of the molecule is COc1ccc(C(=O)/C=C/c2ccccc2OC(=O)c2ccccc2OC)c(OC)c1. The van der Waals surface area contributed by atoms with Crippen molar-refractivity contribution in [1.82, 2.24) is 0 Å². The number of esters is 1. The highest BCUT2D eigenvalue weighted by Gasteiger charge is 2.16. The van der Waals surface area contributed by atoms with Gasteiger partial charge in [-0.1, -0.05) is 30.3 Å². The number of benzene rings is 3. The Labute approximate surface area is 180 Å². The van der Waals surface area contributed by atoms with E-state index in [-0.39, 0.29) is 5.78 Å². The van der Waals surface area contributed by atoms with Gasteiger partial charge in [0.15, 0.2) is 5.78 Å². The Morgan fingerprint density at radius 2 is 1.39 bits per heavy atom. The molecule has 3 rings (SSSR count). The summed E-state index contributed by atoms with van der Waals surface area (Å²) in [6.45, 7) is 0. The van der Waals surface area contributed by atoms with Crippen molar-refractivity contribution in [2.75, 3.05) is 21.3 Å². The molecule has 0 saturated carbocycles. The van der Waals surface area contributed by atoms with Gasteiger partial charge in [0, 0.05) is 11.6 Å². The van der Waals surface area contributed by atoms with Gasteiger partial charge in [-0.3, -0.25) is 4.79 Å². The van der Waals surface area contributed by atoms with Crippen molar-refractivity contribution in [2.24, 2.45) is 0 Å². The predicted molar refractivity (Wildman–Crippen MR) is 117 cm³/mol. The number of rotatable bonds is 8. The molecular weight excluding hydrogens is 396 g/mol. The fraction of sp³-hybridized carbons (Fsp3) is 0.120. The summed E-state index contributed by atoms with van der Waals surface area (Å²) < 4.78 is 21.2. The Morgan fingerprint density at radius 3 is 2.10 bits per heavy atom. The summed E-state index contributed by atoms with van der Waals surface area (Å²) in [5.74, 6) is 0.925. The van der Waals surface area contributed by atoms with Gasteiger partial charge in [-0.25, -0.2) is 4.79 Å². The maximum atomic E-state index is 12.7. The molecule has 0 amide bonds. The molecule has 0 radical (unpaired) electrons. The lowest BCUT2D eigenvalue weighted by atomic mass is 10.1. The summed E-state index contributed by atoms with van der Waals surface area (Å²) in [5, 5.41) is 0. The zero-order valence-electron chi connectivity index (χ0n) is 17.5. The Bertz CT molecular complexity index is 1120. The second kappa shape index (κ2) is 10.1. The molecule has 3 aromatic rings. The van der Waals surface area contributed by atoms with Crippen LogP contribution in [0.5, 0.6) is 23.0 Å². The van der Waals surface area contributed by atoms with Gasteiger partial charge < -0.3 is 18.9 Å². The Hall–Kier alpha value is -4.06. The number of ketones is 1. The molecule has 0 bridgehead atoms. The van der Waals surface area contributed by atoms with Crippen LogP contribution in [0.2, 0.25) is 0 Å². The lowest BCUT2D eigenvalue weighted by molar-refractivity contribution is 0.0730. The van der Waals surface area contributed by atoms with E-state index in [1.807, 2.05) is 0 Å². The van der Waals surface area contributed by atoms with Gasteiger partial charge in [-0.15, -0.1) is 0 Å². The van der Waals surface area contributed by atoms with Crippen molar-refractivity contribution in [1.29, 1.82) is 0 Å². The van der Waals surface area contributed by atoms with E-state index in [2.05, 4.69) is 0 Å². The Kier molecular flexibility index (Phi) is 7.06. The molecule has 0 spiro atoms. The Balaban J connectivity index is 1.83. The molecule has 0 aliphatic heterocycles. The molecule has 0 heterocycles. The summed E-state index contributed by atoms with van der Waals surface area (Å²) in [7, 11) is 4.52. The highest BCUT2D eigenvalue weighted by atomic mass is 16.5. The molecule has 0 unspecified atom stereocenters. The number of hydrogen-bond donors (Lipinski definition) is 0. The predicted octanol–water partition coefficient (Wildman–Crippen LogP) is 4.83. The Morgan fingerprint density at radius 1 is 0.710 bits per heavy atom. The van der Waals surface area contributed by atoms with Crippen LogP contribution in [0.4, 0.5) is 0 Å². The van der Waals surface area contributed by atoms with E-state index in [0.29, 0.717) is 39.7 Å². The first kappa shape index (κ1) is 21.6. The second-order valence-electron chi connectivity index (χ2n) is 6.39. The van der Waals surface area contributed by atoms with E-state index in [1.165, 1.54) is 20.3 Å². The minimum Gasteiger partial charge on any atom is -0.497 e. The second-order valence-corrected chi connectivity index (χ2v) is 6.39. The molecular formula is C25H22O6. The molecule has 6 nitrogen and oxygen atoms in total. The molecule has 0 fully saturated rings. The normalized spacial score (nSPS) is 10.5. The van der Waals surface area contributed by atoms with Crippen molar-refractivity contribution in [3.05, 3.63) is 89.5 Å². The van der Waals surface area contributed by atoms with Gasteiger partial charge >= 0.3 is 5.97 Å². The fourth-order valence-electron chi connectivity index (χ4n) is 2.94. The first-order valence-electron chi connectivity index (χ1n) is 9.46. The first-order valence-corrected chi connectivity index (χ1v) is 9.46. The van der Waals surface area contributed by atoms with Crippen LogP contribution in [0.1, 0.15) is 26.3 Å². The third kappa shape index (κ3) is 5.11. The van der Waals surface area contributed by atoms with Crippen LogP contribution in [0, 0.1) is 0 Å². The molecule has 31 heavy (non-hydrogen) atoms. The third-order valence-electron chi connectivity index (χ3n) is 4.54. The molecule has 0 N–H and O–H groups in total. The topological polar surface area (TPSA) is 71.1 Å². The fourth-order valence-corrected chi connectivity index (χ4v) is 2.94. The molecule has 0 saturated heterocycles. The van der Waals surface area contributed by atoms with Crippen LogP contribution in [-0.4, -0.2) is 33.1 Å². The maximum Gasteiger partial charge on any atom is 0.347 e. The van der Waals surface area contributed by atoms with Gasteiger partial charge in [0.05, 0.1) is 26.9 Å². The highest BCUT2D eigenvalue weighted by molar-refractivity contribution is 6.09. The largest absolute Gasteiger partial charge is 0.497 e. The zero-order valence-corrected chi connectivity index (χ0v) is 17.5. The highest BCUT2D eigenvalue weighted by Crippen LogP contribution is 2.27. The van der Waals surface area contributed by atoms with Gasteiger partial charge in [0.2, 0.25) is 0 Å². The van der Waals surface area contributed by atoms with Crippen molar-refractivity contribution >= 4 is 17.8 Å². The van der Waals surface area contributed by atoms with Crippen molar-refractivity contribution in [3.8, 4) is 23.0 Å². The quantitative estimate of drug-likeness (QED) is 0.226. The summed E-state index contributed by atoms with van der Waals surface area (Å²) in [5.41, 5.74) is 1.28. The minimum atomic E-state index is -0.554. The van der Waals surface area contributed by atoms with Gasteiger partial charge in [-0.2, -0.15) is 0 Å². The van der Waals surface area contributed by atoms with E-state index < -0.39 is 5.97 Å². The zero-order chi connectivity index (χ0) is 22.2. The number of methoxy groups -OCH3 is 3. The number of carbonyl (C=O) groups is 2. The molecule has 0 atom stereocenters. The number of ether oxygens (including phenoxy) is 4. The van der Waals surface area contributed by atoms with Crippen molar-refractivity contribution < 1.29 is 28.5 Å².